The fraction of sp³-hybridized carbons (Fsp3) is 0.480. The fourth-order valence-electron chi connectivity index (χ4n) is 2.99. The molecule has 2 aromatic carbocycles. The summed E-state index contributed by atoms with van der Waals surface area (Å²) in [7, 11) is 3.42. The van der Waals surface area contributed by atoms with Gasteiger partial charge in [-0.2, -0.15) is 0 Å². The Balaban J connectivity index is 1.99. The number of unbranched alkanes of at least 4 members (excludes halogenated alkanes) is 2. The molecule has 0 aromatic heterocycles. The van der Waals surface area contributed by atoms with Gasteiger partial charge in [-0.05, 0) is 65.0 Å². The third-order valence-electron chi connectivity index (χ3n) is 5.01. The van der Waals surface area contributed by atoms with Crippen LogP contribution in [0.25, 0.3) is 0 Å². The highest BCUT2D eigenvalue weighted by atomic mass is 79.9. The van der Waals surface area contributed by atoms with Crippen LogP contribution in [-0.2, 0) is 6.42 Å². The van der Waals surface area contributed by atoms with E-state index in [1.54, 1.807) is 24.1 Å². The molecule has 0 radical (unpaired) electrons. The standard InChI is InChI=1S/C25H34BrNO4/c1-5-7-15-30-20-11-9-19(10-12-20)13-14-27(3)25(28)21-17-24(31-16-8-6-2)23(29-4)18-22(21)26/h9-12,17-18H,5-8,13-16H2,1-4H3. The molecule has 6 heteroatoms. The summed E-state index contributed by atoms with van der Waals surface area (Å²) < 4.78 is 17.7. The molecule has 0 saturated carbocycles. The first-order valence-corrected chi connectivity index (χ1v) is 11.8. The Kier molecular flexibility index (Phi) is 10.7. The van der Waals surface area contributed by atoms with E-state index >= 15 is 0 Å². The number of hydrogen-bond donors (Lipinski definition) is 0. The van der Waals surface area contributed by atoms with Crippen LogP contribution in [0.15, 0.2) is 40.9 Å². The Labute approximate surface area is 194 Å². The first-order chi connectivity index (χ1) is 15.0. The zero-order valence-corrected chi connectivity index (χ0v) is 20.7. The lowest BCUT2D eigenvalue weighted by Gasteiger charge is -2.20. The van der Waals surface area contributed by atoms with Gasteiger partial charge in [0.25, 0.3) is 5.91 Å². The summed E-state index contributed by atoms with van der Waals surface area (Å²) in [5, 5.41) is 0. The number of rotatable bonds is 13. The summed E-state index contributed by atoms with van der Waals surface area (Å²) in [6.45, 7) is 6.21. The third-order valence-corrected chi connectivity index (χ3v) is 5.67. The average molecular weight is 492 g/mol. The van der Waals surface area contributed by atoms with E-state index in [4.69, 9.17) is 14.2 Å². The highest BCUT2D eigenvalue weighted by Gasteiger charge is 2.19. The monoisotopic (exact) mass is 491 g/mol. The van der Waals surface area contributed by atoms with Gasteiger partial charge in [0.2, 0.25) is 0 Å². The molecule has 1 amide bonds. The van der Waals surface area contributed by atoms with Crippen molar-refractivity contribution in [1.82, 2.24) is 4.90 Å². The van der Waals surface area contributed by atoms with Gasteiger partial charge in [0.05, 0.1) is 25.9 Å². The van der Waals surface area contributed by atoms with Gasteiger partial charge in [-0.25, -0.2) is 0 Å². The topological polar surface area (TPSA) is 48.0 Å². The van der Waals surface area contributed by atoms with Crippen molar-refractivity contribution in [3.63, 3.8) is 0 Å². The summed E-state index contributed by atoms with van der Waals surface area (Å²) >= 11 is 3.51. The minimum atomic E-state index is -0.0608. The van der Waals surface area contributed by atoms with Crippen molar-refractivity contribution in [2.24, 2.45) is 0 Å². The zero-order valence-electron chi connectivity index (χ0n) is 19.1. The Morgan fingerprint density at radius 2 is 1.61 bits per heavy atom. The predicted molar refractivity (Wildman–Crippen MR) is 129 cm³/mol. The molecule has 0 aliphatic carbocycles. The lowest BCUT2D eigenvalue weighted by atomic mass is 10.1. The van der Waals surface area contributed by atoms with Crippen LogP contribution in [0.1, 0.15) is 55.5 Å². The Bertz CT molecular complexity index is 823. The maximum Gasteiger partial charge on any atom is 0.254 e. The lowest BCUT2D eigenvalue weighted by Crippen LogP contribution is -2.29. The number of likely N-dealkylation sites (N-methyl/N-ethyl adjacent to an activating group) is 1. The molecule has 0 aliphatic heterocycles. The minimum Gasteiger partial charge on any atom is -0.494 e. The predicted octanol–water partition coefficient (Wildman–Crippen LogP) is 6.13. The van der Waals surface area contributed by atoms with E-state index in [-0.39, 0.29) is 5.91 Å². The van der Waals surface area contributed by atoms with Gasteiger partial charge in [-0.1, -0.05) is 38.8 Å². The van der Waals surface area contributed by atoms with E-state index in [1.165, 1.54) is 5.56 Å². The SMILES string of the molecule is CCCCOc1ccc(CCN(C)C(=O)c2cc(OCCCC)c(OC)cc2Br)cc1. The molecule has 0 fully saturated rings. The van der Waals surface area contributed by atoms with Crippen LogP contribution < -0.4 is 14.2 Å². The molecule has 2 rings (SSSR count). The molecule has 0 bridgehead atoms. The van der Waals surface area contributed by atoms with E-state index in [0.717, 1.165) is 44.5 Å². The highest BCUT2D eigenvalue weighted by molar-refractivity contribution is 9.10. The van der Waals surface area contributed by atoms with Crippen molar-refractivity contribution in [3.8, 4) is 17.2 Å². The summed E-state index contributed by atoms with van der Waals surface area (Å²) in [6, 6.07) is 11.7. The second-order valence-electron chi connectivity index (χ2n) is 7.51. The number of ether oxygens (including phenoxy) is 3. The van der Waals surface area contributed by atoms with Crippen LogP contribution in [0.3, 0.4) is 0 Å². The molecule has 2 aromatic rings. The third kappa shape index (κ3) is 7.76. The molecular formula is C25H34BrNO4. The van der Waals surface area contributed by atoms with Gasteiger partial charge in [0.1, 0.15) is 5.75 Å². The summed E-state index contributed by atoms with van der Waals surface area (Å²) in [5.74, 6) is 2.03. The largest absolute Gasteiger partial charge is 0.494 e. The van der Waals surface area contributed by atoms with Crippen LogP contribution in [0.4, 0.5) is 0 Å². The van der Waals surface area contributed by atoms with E-state index < -0.39 is 0 Å². The van der Waals surface area contributed by atoms with Crippen molar-refractivity contribution in [2.45, 2.75) is 46.0 Å². The van der Waals surface area contributed by atoms with Crippen molar-refractivity contribution in [2.75, 3.05) is 33.9 Å². The molecule has 0 heterocycles. The zero-order chi connectivity index (χ0) is 22.6. The van der Waals surface area contributed by atoms with Crippen LogP contribution >= 0.6 is 15.9 Å². The van der Waals surface area contributed by atoms with Crippen LogP contribution in [0.5, 0.6) is 17.2 Å². The van der Waals surface area contributed by atoms with Gasteiger partial charge in [-0.3, -0.25) is 4.79 Å². The second kappa shape index (κ2) is 13.3. The molecule has 0 saturated heterocycles. The number of methoxy groups -OCH3 is 1. The van der Waals surface area contributed by atoms with Gasteiger partial charge in [0.15, 0.2) is 11.5 Å². The molecular weight excluding hydrogens is 458 g/mol. The summed E-state index contributed by atoms with van der Waals surface area (Å²) in [5.41, 5.74) is 1.73. The lowest BCUT2D eigenvalue weighted by molar-refractivity contribution is 0.0795. The number of amides is 1. The molecule has 0 spiro atoms. The van der Waals surface area contributed by atoms with Gasteiger partial charge < -0.3 is 19.1 Å². The number of nitrogens with zero attached hydrogens (tertiary/aromatic N) is 1. The summed E-state index contributed by atoms with van der Waals surface area (Å²) in [6.07, 6.45) is 4.94. The minimum absolute atomic E-state index is 0.0608. The Morgan fingerprint density at radius 3 is 2.23 bits per heavy atom. The molecule has 0 aliphatic rings. The Hall–Kier alpha value is -2.21. The molecule has 170 valence electrons. The maximum atomic E-state index is 13.0. The number of benzene rings is 2. The normalized spacial score (nSPS) is 10.6. The van der Waals surface area contributed by atoms with E-state index in [1.807, 2.05) is 19.2 Å². The van der Waals surface area contributed by atoms with Gasteiger partial charge in [0, 0.05) is 18.1 Å². The van der Waals surface area contributed by atoms with Crippen LogP contribution in [-0.4, -0.2) is 44.7 Å². The molecule has 31 heavy (non-hydrogen) atoms. The van der Waals surface area contributed by atoms with Crippen LogP contribution in [0, 0.1) is 0 Å². The first kappa shape index (κ1) is 25.1. The fourth-order valence-corrected chi connectivity index (χ4v) is 3.48. The van der Waals surface area contributed by atoms with Gasteiger partial charge >= 0.3 is 0 Å². The van der Waals surface area contributed by atoms with Crippen LogP contribution in [0.2, 0.25) is 0 Å². The maximum absolute atomic E-state index is 13.0. The van der Waals surface area contributed by atoms with Crippen molar-refractivity contribution < 1.29 is 19.0 Å². The average Bonchev–Trinajstić information content (AvgIpc) is 2.78. The van der Waals surface area contributed by atoms with E-state index in [0.29, 0.717) is 34.7 Å². The van der Waals surface area contributed by atoms with Crippen molar-refractivity contribution >= 4 is 21.8 Å². The van der Waals surface area contributed by atoms with Gasteiger partial charge in [-0.15, -0.1) is 0 Å². The number of carbonyl (C=O) groups is 1. The number of carbonyl (C=O) groups excluding carboxylic acids is 1. The number of hydrogen-bond acceptors (Lipinski definition) is 4. The van der Waals surface area contributed by atoms with E-state index in [2.05, 4.69) is 41.9 Å². The van der Waals surface area contributed by atoms with Crippen molar-refractivity contribution in [1.29, 1.82) is 0 Å². The Morgan fingerprint density at radius 1 is 0.968 bits per heavy atom. The van der Waals surface area contributed by atoms with Crippen molar-refractivity contribution in [3.05, 3.63) is 52.0 Å². The second-order valence-corrected chi connectivity index (χ2v) is 8.36. The quantitative estimate of drug-likeness (QED) is 0.316. The molecule has 5 nitrogen and oxygen atoms in total. The number of halogens is 1. The molecule has 0 unspecified atom stereocenters. The van der Waals surface area contributed by atoms with E-state index in [9.17, 15) is 4.79 Å². The smallest absolute Gasteiger partial charge is 0.254 e. The first-order valence-electron chi connectivity index (χ1n) is 11.0. The molecule has 0 atom stereocenters. The highest BCUT2D eigenvalue weighted by Crippen LogP contribution is 2.34. The molecule has 0 N–H and O–H groups in total. The summed E-state index contributed by atoms with van der Waals surface area (Å²) in [4.78, 5) is 14.8.